The Morgan fingerprint density at radius 2 is 1.92 bits per heavy atom. The molecule has 2 fully saturated rings. The molecule has 7 heteroatoms. The van der Waals surface area contributed by atoms with Gasteiger partial charge in [-0.2, -0.15) is 13.2 Å². The van der Waals surface area contributed by atoms with Crippen LogP contribution in [-0.2, 0) is 11.0 Å². The number of piperidine rings is 1. The van der Waals surface area contributed by atoms with Crippen LogP contribution in [0, 0.1) is 5.92 Å². The predicted octanol–water partition coefficient (Wildman–Crippen LogP) is 3.38. The molecule has 24 heavy (non-hydrogen) atoms. The molecule has 1 saturated carbocycles. The standard InChI is InChI=1S/C17H22F3N3O/c18-17(19,20)14-5-2-6-15(22-14)23-9-7-12(8-10-23)11-16(24)21-13-3-1-4-13/h2,5-6,12-13H,1,3-4,7-11H2,(H,21,24). The molecule has 0 spiro atoms. The van der Waals surface area contributed by atoms with E-state index in [9.17, 15) is 18.0 Å². The van der Waals surface area contributed by atoms with Gasteiger partial charge in [-0.05, 0) is 50.2 Å². The molecule has 1 aliphatic heterocycles. The third-order valence-corrected chi connectivity index (χ3v) is 4.91. The molecule has 0 aromatic carbocycles. The Kier molecular flexibility index (Phi) is 4.96. The van der Waals surface area contributed by atoms with Crippen LogP contribution in [0.2, 0.25) is 0 Å². The van der Waals surface area contributed by atoms with Crippen LogP contribution < -0.4 is 10.2 Å². The van der Waals surface area contributed by atoms with Crippen LogP contribution in [0.5, 0.6) is 0 Å². The molecule has 2 aliphatic rings. The number of nitrogens with zero attached hydrogens (tertiary/aromatic N) is 2. The van der Waals surface area contributed by atoms with Crippen LogP contribution in [0.4, 0.5) is 19.0 Å². The van der Waals surface area contributed by atoms with Gasteiger partial charge in [0.2, 0.25) is 5.91 Å². The van der Waals surface area contributed by atoms with Crippen LogP contribution in [0.25, 0.3) is 0 Å². The van der Waals surface area contributed by atoms with Gasteiger partial charge in [0.15, 0.2) is 0 Å². The topological polar surface area (TPSA) is 45.2 Å². The van der Waals surface area contributed by atoms with Crippen molar-refractivity contribution in [2.75, 3.05) is 18.0 Å². The molecular formula is C17H22F3N3O. The minimum absolute atomic E-state index is 0.107. The second-order valence-corrected chi connectivity index (χ2v) is 6.71. The predicted molar refractivity (Wildman–Crippen MR) is 84.6 cm³/mol. The maximum Gasteiger partial charge on any atom is 0.433 e. The first-order valence-electron chi connectivity index (χ1n) is 8.50. The van der Waals surface area contributed by atoms with Gasteiger partial charge in [0, 0.05) is 25.6 Å². The third kappa shape index (κ3) is 4.19. The lowest BCUT2D eigenvalue weighted by Crippen LogP contribution is -2.41. The van der Waals surface area contributed by atoms with E-state index in [2.05, 4.69) is 10.3 Å². The largest absolute Gasteiger partial charge is 0.433 e. The van der Waals surface area contributed by atoms with E-state index in [4.69, 9.17) is 0 Å². The Hall–Kier alpha value is -1.79. The van der Waals surface area contributed by atoms with Crippen molar-refractivity contribution in [1.82, 2.24) is 10.3 Å². The van der Waals surface area contributed by atoms with Crippen molar-refractivity contribution < 1.29 is 18.0 Å². The van der Waals surface area contributed by atoms with Gasteiger partial charge in [0.05, 0.1) is 0 Å². The van der Waals surface area contributed by atoms with E-state index in [1.165, 1.54) is 12.5 Å². The van der Waals surface area contributed by atoms with Gasteiger partial charge >= 0.3 is 6.18 Å². The molecule has 0 bridgehead atoms. The van der Waals surface area contributed by atoms with Crippen molar-refractivity contribution in [3.8, 4) is 0 Å². The third-order valence-electron chi connectivity index (χ3n) is 4.91. The second-order valence-electron chi connectivity index (χ2n) is 6.71. The normalized spacial score (nSPS) is 19.9. The zero-order valence-electron chi connectivity index (χ0n) is 13.5. The van der Waals surface area contributed by atoms with Crippen LogP contribution in [0.3, 0.4) is 0 Å². The van der Waals surface area contributed by atoms with Gasteiger partial charge in [0.1, 0.15) is 11.5 Å². The fourth-order valence-corrected chi connectivity index (χ4v) is 3.22. The Morgan fingerprint density at radius 3 is 2.50 bits per heavy atom. The summed E-state index contributed by atoms with van der Waals surface area (Å²) in [5, 5.41) is 3.04. The lowest BCUT2D eigenvalue weighted by Gasteiger charge is -2.33. The molecule has 1 N–H and O–H groups in total. The molecule has 1 aromatic rings. The molecule has 0 radical (unpaired) electrons. The molecule has 0 unspecified atom stereocenters. The summed E-state index contributed by atoms with van der Waals surface area (Å²) < 4.78 is 38.3. The van der Waals surface area contributed by atoms with E-state index in [0.717, 1.165) is 31.7 Å². The number of carbonyl (C=O) groups is 1. The number of nitrogens with one attached hydrogen (secondary N) is 1. The molecule has 132 valence electrons. The number of aromatic nitrogens is 1. The highest BCUT2D eigenvalue weighted by Gasteiger charge is 2.33. The fourth-order valence-electron chi connectivity index (χ4n) is 3.22. The maximum absolute atomic E-state index is 12.8. The van der Waals surface area contributed by atoms with Crippen molar-refractivity contribution in [3.63, 3.8) is 0 Å². The highest BCUT2D eigenvalue weighted by molar-refractivity contribution is 5.76. The summed E-state index contributed by atoms with van der Waals surface area (Å²) in [6.07, 6.45) is 1.03. The molecule has 1 saturated heterocycles. The molecule has 1 amide bonds. The SMILES string of the molecule is O=C(CC1CCN(c2cccc(C(F)(F)F)n2)CC1)NC1CCC1. The number of rotatable bonds is 4. The molecular weight excluding hydrogens is 319 g/mol. The van der Waals surface area contributed by atoms with Crippen LogP contribution in [0.15, 0.2) is 18.2 Å². The van der Waals surface area contributed by atoms with Gasteiger partial charge in [-0.25, -0.2) is 4.98 Å². The highest BCUT2D eigenvalue weighted by Crippen LogP contribution is 2.30. The Balaban J connectivity index is 1.50. The number of halogens is 3. The summed E-state index contributed by atoms with van der Waals surface area (Å²) in [4.78, 5) is 17.6. The fraction of sp³-hybridized carbons (Fsp3) is 0.647. The van der Waals surface area contributed by atoms with Gasteiger partial charge in [-0.15, -0.1) is 0 Å². The van der Waals surface area contributed by atoms with E-state index in [0.29, 0.717) is 37.3 Å². The van der Waals surface area contributed by atoms with Crippen molar-refractivity contribution in [2.24, 2.45) is 5.92 Å². The first-order valence-corrected chi connectivity index (χ1v) is 8.50. The van der Waals surface area contributed by atoms with E-state index < -0.39 is 11.9 Å². The van der Waals surface area contributed by atoms with Gasteiger partial charge in [0.25, 0.3) is 0 Å². The number of pyridine rings is 1. The summed E-state index contributed by atoms with van der Waals surface area (Å²) in [6.45, 7) is 1.27. The number of hydrogen-bond donors (Lipinski definition) is 1. The average Bonchev–Trinajstić information content (AvgIpc) is 2.51. The molecule has 1 aliphatic carbocycles. The van der Waals surface area contributed by atoms with E-state index in [1.807, 2.05) is 4.90 Å². The second kappa shape index (κ2) is 6.99. The number of anilines is 1. The monoisotopic (exact) mass is 341 g/mol. The van der Waals surface area contributed by atoms with Crippen LogP contribution in [0.1, 0.15) is 44.2 Å². The van der Waals surface area contributed by atoms with Gasteiger partial charge in [-0.3, -0.25) is 4.79 Å². The van der Waals surface area contributed by atoms with Gasteiger partial charge < -0.3 is 10.2 Å². The molecule has 4 nitrogen and oxygen atoms in total. The average molecular weight is 341 g/mol. The molecule has 3 rings (SSSR count). The lowest BCUT2D eigenvalue weighted by molar-refractivity contribution is -0.141. The van der Waals surface area contributed by atoms with Crippen molar-refractivity contribution in [2.45, 2.75) is 50.7 Å². The summed E-state index contributed by atoms with van der Waals surface area (Å²) >= 11 is 0. The molecule has 2 heterocycles. The van der Waals surface area contributed by atoms with Crippen molar-refractivity contribution in [1.29, 1.82) is 0 Å². The Labute approximate surface area is 139 Å². The van der Waals surface area contributed by atoms with Crippen LogP contribution >= 0.6 is 0 Å². The number of carbonyl (C=O) groups excluding carboxylic acids is 1. The van der Waals surface area contributed by atoms with E-state index in [1.54, 1.807) is 6.07 Å². The summed E-state index contributed by atoms with van der Waals surface area (Å²) in [7, 11) is 0. The summed E-state index contributed by atoms with van der Waals surface area (Å²) in [5.41, 5.74) is -0.859. The molecule has 0 atom stereocenters. The van der Waals surface area contributed by atoms with Crippen molar-refractivity contribution >= 4 is 11.7 Å². The summed E-state index contributed by atoms with van der Waals surface area (Å²) in [6, 6.07) is 4.34. The molecule has 1 aromatic heterocycles. The minimum atomic E-state index is -4.42. The highest BCUT2D eigenvalue weighted by atomic mass is 19.4. The van der Waals surface area contributed by atoms with Gasteiger partial charge in [-0.1, -0.05) is 6.07 Å². The zero-order valence-corrected chi connectivity index (χ0v) is 13.5. The van der Waals surface area contributed by atoms with Crippen molar-refractivity contribution in [3.05, 3.63) is 23.9 Å². The minimum Gasteiger partial charge on any atom is -0.357 e. The Bertz CT molecular complexity index is 579. The number of amides is 1. The lowest BCUT2D eigenvalue weighted by atomic mass is 9.90. The van der Waals surface area contributed by atoms with E-state index in [-0.39, 0.29) is 5.91 Å². The number of alkyl halides is 3. The van der Waals surface area contributed by atoms with Crippen LogP contribution in [-0.4, -0.2) is 30.0 Å². The zero-order chi connectivity index (χ0) is 17.2. The first-order chi connectivity index (χ1) is 11.4. The smallest absolute Gasteiger partial charge is 0.357 e. The quantitative estimate of drug-likeness (QED) is 0.913. The first kappa shape index (κ1) is 17.0. The summed E-state index contributed by atoms with van der Waals surface area (Å²) in [5.74, 6) is 0.768. The van der Waals surface area contributed by atoms with E-state index >= 15 is 0 Å². The maximum atomic E-state index is 12.8. The Morgan fingerprint density at radius 1 is 1.21 bits per heavy atom. The number of hydrogen-bond acceptors (Lipinski definition) is 3.